The molecule has 1 heterocycles. The summed E-state index contributed by atoms with van der Waals surface area (Å²) in [7, 11) is 0. The number of benzene rings is 1. The average molecular weight is 266 g/mol. The van der Waals surface area contributed by atoms with Gasteiger partial charge in [-0.15, -0.1) is 11.6 Å². The van der Waals surface area contributed by atoms with Gasteiger partial charge in [0.15, 0.2) is 0 Å². The third-order valence-electron chi connectivity index (χ3n) is 2.38. The second-order valence-corrected chi connectivity index (χ2v) is 4.70. The number of alkyl halides is 1. The van der Waals surface area contributed by atoms with Crippen LogP contribution < -0.4 is 5.32 Å². The highest BCUT2D eigenvalue weighted by molar-refractivity contribution is 7.07. The normalized spacial score (nSPS) is 10.2. The lowest BCUT2D eigenvalue weighted by Gasteiger charge is -2.05. The molecule has 0 aliphatic heterocycles. The van der Waals surface area contributed by atoms with Crippen LogP contribution in [0.15, 0.2) is 41.1 Å². The zero-order valence-electron chi connectivity index (χ0n) is 9.15. The molecule has 0 aliphatic rings. The summed E-state index contributed by atoms with van der Waals surface area (Å²) < 4.78 is 0. The van der Waals surface area contributed by atoms with E-state index in [9.17, 15) is 4.79 Å². The molecule has 0 saturated carbocycles. The molecule has 1 aromatic heterocycles. The standard InChI is InChI=1S/C13H12ClNOS/c14-7-10-2-1-3-12(6-10)13(16)15-8-11-4-5-17-9-11/h1-6,9H,7-8H2,(H,15,16). The van der Waals surface area contributed by atoms with Crippen molar-refractivity contribution in [2.45, 2.75) is 12.4 Å². The summed E-state index contributed by atoms with van der Waals surface area (Å²) in [6.45, 7) is 0.563. The van der Waals surface area contributed by atoms with Crippen molar-refractivity contribution in [1.82, 2.24) is 5.32 Å². The summed E-state index contributed by atoms with van der Waals surface area (Å²) in [6.07, 6.45) is 0. The molecule has 0 aliphatic carbocycles. The number of thiophene rings is 1. The lowest BCUT2D eigenvalue weighted by Crippen LogP contribution is -2.22. The summed E-state index contributed by atoms with van der Waals surface area (Å²) in [5, 5.41) is 6.90. The van der Waals surface area contributed by atoms with E-state index < -0.39 is 0 Å². The van der Waals surface area contributed by atoms with Crippen LogP contribution in [0.1, 0.15) is 21.5 Å². The SMILES string of the molecule is O=C(NCc1ccsc1)c1cccc(CCl)c1. The number of halogens is 1. The maximum Gasteiger partial charge on any atom is 0.251 e. The molecule has 4 heteroatoms. The molecule has 17 heavy (non-hydrogen) atoms. The van der Waals surface area contributed by atoms with E-state index in [1.54, 1.807) is 17.4 Å². The van der Waals surface area contributed by atoms with Crippen LogP contribution in [0.25, 0.3) is 0 Å². The quantitative estimate of drug-likeness (QED) is 0.844. The molecule has 1 N–H and O–H groups in total. The highest BCUT2D eigenvalue weighted by Gasteiger charge is 2.05. The second kappa shape index (κ2) is 5.84. The van der Waals surface area contributed by atoms with Crippen LogP contribution in [0.2, 0.25) is 0 Å². The first-order chi connectivity index (χ1) is 8.29. The van der Waals surface area contributed by atoms with Crippen LogP contribution in [-0.4, -0.2) is 5.91 Å². The minimum atomic E-state index is -0.0665. The smallest absolute Gasteiger partial charge is 0.251 e. The molecule has 88 valence electrons. The summed E-state index contributed by atoms with van der Waals surface area (Å²) in [5.41, 5.74) is 2.73. The van der Waals surface area contributed by atoms with Gasteiger partial charge in [0.25, 0.3) is 5.91 Å². The first-order valence-corrected chi connectivity index (χ1v) is 6.71. The van der Waals surface area contributed by atoms with E-state index in [0.717, 1.165) is 11.1 Å². The number of carbonyl (C=O) groups is 1. The van der Waals surface area contributed by atoms with Crippen molar-refractivity contribution in [2.75, 3.05) is 0 Å². The molecule has 0 atom stereocenters. The average Bonchev–Trinajstić information content (AvgIpc) is 2.89. The molecule has 1 amide bonds. The van der Waals surface area contributed by atoms with Gasteiger partial charge in [-0.1, -0.05) is 12.1 Å². The van der Waals surface area contributed by atoms with E-state index in [4.69, 9.17) is 11.6 Å². The monoisotopic (exact) mass is 265 g/mol. The molecule has 0 saturated heterocycles. The first-order valence-electron chi connectivity index (χ1n) is 5.24. The Kier molecular flexibility index (Phi) is 4.18. The Morgan fingerprint density at radius 1 is 1.29 bits per heavy atom. The van der Waals surface area contributed by atoms with Crippen LogP contribution >= 0.6 is 22.9 Å². The molecule has 0 radical (unpaired) electrons. The predicted octanol–water partition coefficient (Wildman–Crippen LogP) is 3.42. The molecule has 0 bridgehead atoms. The third kappa shape index (κ3) is 3.32. The third-order valence-corrected chi connectivity index (χ3v) is 3.42. The van der Waals surface area contributed by atoms with E-state index in [0.29, 0.717) is 18.0 Å². The van der Waals surface area contributed by atoms with Crippen molar-refractivity contribution < 1.29 is 4.79 Å². The number of nitrogens with one attached hydrogen (secondary N) is 1. The molecular formula is C13H12ClNOS. The Morgan fingerprint density at radius 3 is 2.88 bits per heavy atom. The van der Waals surface area contributed by atoms with Crippen LogP contribution in [0, 0.1) is 0 Å². The Morgan fingerprint density at radius 2 is 2.18 bits per heavy atom. The largest absolute Gasteiger partial charge is 0.348 e. The predicted molar refractivity (Wildman–Crippen MR) is 71.5 cm³/mol. The van der Waals surface area contributed by atoms with Gasteiger partial charge < -0.3 is 5.32 Å². The fourth-order valence-electron chi connectivity index (χ4n) is 1.47. The first kappa shape index (κ1) is 12.1. The van der Waals surface area contributed by atoms with Crippen LogP contribution in [0.5, 0.6) is 0 Å². The highest BCUT2D eigenvalue weighted by atomic mass is 35.5. The maximum absolute atomic E-state index is 11.9. The fraction of sp³-hybridized carbons (Fsp3) is 0.154. The highest BCUT2D eigenvalue weighted by Crippen LogP contribution is 2.09. The second-order valence-electron chi connectivity index (χ2n) is 3.65. The van der Waals surface area contributed by atoms with Gasteiger partial charge in [0.2, 0.25) is 0 Å². The van der Waals surface area contributed by atoms with Crippen LogP contribution in [-0.2, 0) is 12.4 Å². The Balaban J connectivity index is 1.99. The lowest BCUT2D eigenvalue weighted by molar-refractivity contribution is 0.0951. The summed E-state index contributed by atoms with van der Waals surface area (Å²) in [5.74, 6) is 0.356. The zero-order chi connectivity index (χ0) is 12.1. The number of amides is 1. The van der Waals surface area contributed by atoms with E-state index >= 15 is 0 Å². The Hall–Kier alpha value is -1.32. The summed E-state index contributed by atoms with van der Waals surface area (Å²) in [6, 6.07) is 9.36. The maximum atomic E-state index is 11.9. The Labute approximate surface area is 109 Å². The number of carbonyl (C=O) groups excluding carboxylic acids is 1. The molecule has 0 spiro atoms. The molecule has 2 rings (SSSR count). The van der Waals surface area contributed by atoms with Gasteiger partial charge in [-0.25, -0.2) is 0 Å². The van der Waals surface area contributed by atoms with Gasteiger partial charge in [0.05, 0.1) is 0 Å². The van der Waals surface area contributed by atoms with Crippen molar-refractivity contribution in [1.29, 1.82) is 0 Å². The van der Waals surface area contributed by atoms with Crippen molar-refractivity contribution in [3.63, 3.8) is 0 Å². The van der Waals surface area contributed by atoms with Crippen molar-refractivity contribution >= 4 is 28.8 Å². The molecule has 0 unspecified atom stereocenters. The number of hydrogen-bond acceptors (Lipinski definition) is 2. The van der Waals surface area contributed by atoms with E-state index in [1.807, 2.05) is 35.0 Å². The van der Waals surface area contributed by atoms with E-state index in [2.05, 4.69) is 5.32 Å². The molecule has 1 aromatic carbocycles. The molecule has 2 nitrogen and oxygen atoms in total. The van der Waals surface area contributed by atoms with E-state index in [-0.39, 0.29) is 5.91 Å². The van der Waals surface area contributed by atoms with Gasteiger partial charge in [0, 0.05) is 18.0 Å². The Bertz CT molecular complexity index is 496. The van der Waals surface area contributed by atoms with Gasteiger partial charge in [-0.05, 0) is 40.1 Å². The van der Waals surface area contributed by atoms with Crippen molar-refractivity contribution in [3.05, 3.63) is 57.8 Å². The molecule has 0 fully saturated rings. The van der Waals surface area contributed by atoms with Gasteiger partial charge in [-0.2, -0.15) is 11.3 Å². The number of rotatable bonds is 4. The van der Waals surface area contributed by atoms with Gasteiger partial charge >= 0.3 is 0 Å². The van der Waals surface area contributed by atoms with Crippen molar-refractivity contribution in [2.24, 2.45) is 0 Å². The summed E-state index contributed by atoms with van der Waals surface area (Å²) >= 11 is 7.36. The van der Waals surface area contributed by atoms with Crippen LogP contribution in [0.3, 0.4) is 0 Å². The molecule has 2 aromatic rings. The van der Waals surface area contributed by atoms with Gasteiger partial charge in [0.1, 0.15) is 0 Å². The topological polar surface area (TPSA) is 29.1 Å². The zero-order valence-corrected chi connectivity index (χ0v) is 10.7. The summed E-state index contributed by atoms with van der Waals surface area (Å²) in [4.78, 5) is 11.9. The minimum absolute atomic E-state index is 0.0665. The van der Waals surface area contributed by atoms with Crippen LogP contribution in [0.4, 0.5) is 0 Å². The molecular weight excluding hydrogens is 254 g/mol. The lowest BCUT2D eigenvalue weighted by atomic mass is 10.1. The fourth-order valence-corrected chi connectivity index (χ4v) is 2.31. The number of hydrogen-bond donors (Lipinski definition) is 1. The van der Waals surface area contributed by atoms with Gasteiger partial charge in [-0.3, -0.25) is 4.79 Å². The van der Waals surface area contributed by atoms with E-state index in [1.165, 1.54) is 0 Å². The van der Waals surface area contributed by atoms with Crippen molar-refractivity contribution in [3.8, 4) is 0 Å². The minimum Gasteiger partial charge on any atom is -0.348 e.